The molecule has 0 radical (unpaired) electrons. The van der Waals surface area contributed by atoms with Gasteiger partial charge in [0.15, 0.2) is 0 Å². The van der Waals surface area contributed by atoms with Gasteiger partial charge in [-0.15, -0.1) is 11.6 Å². The van der Waals surface area contributed by atoms with Gasteiger partial charge >= 0.3 is 0 Å². The van der Waals surface area contributed by atoms with Crippen molar-refractivity contribution in [2.75, 3.05) is 5.88 Å². The second-order valence-electron chi connectivity index (χ2n) is 6.08. The van der Waals surface area contributed by atoms with Crippen LogP contribution in [0.2, 0.25) is 10.0 Å². The molecule has 0 spiro atoms. The van der Waals surface area contributed by atoms with Gasteiger partial charge in [-0.2, -0.15) is 0 Å². The molecular weight excluding hydrogens is 538 g/mol. The number of carbonyl (C=O) groups excluding carboxylic acids is 2. The van der Waals surface area contributed by atoms with E-state index in [0.29, 0.717) is 47.4 Å². The van der Waals surface area contributed by atoms with Crippen LogP contribution < -0.4 is 0 Å². The van der Waals surface area contributed by atoms with Crippen molar-refractivity contribution in [3.63, 3.8) is 0 Å². The molecule has 0 bridgehead atoms. The lowest BCUT2D eigenvalue weighted by atomic mass is 9.91. The van der Waals surface area contributed by atoms with Crippen LogP contribution in [-0.2, 0) is 28.9 Å². The molecule has 0 atom stereocenters. The zero-order chi connectivity index (χ0) is 20.0. The average molecular weight is 556 g/mol. The van der Waals surface area contributed by atoms with Gasteiger partial charge in [0, 0.05) is 40.5 Å². The summed E-state index contributed by atoms with van der Waals surface area (Å²) >= 11 is 24.1. The Bertz CT molecular complexity index is 853. The van der Waals surface area contributed by atoms with Crippen LogP contribution in [0.3, 0.4) is 0 Å². The highest BCUT2D eigenvalue weighted by Crippen LogP contribution is 2.32. The Morgan fingerprint density at radius 3 is 2.41 bits per heavy atom. The molecule has 0 saturated heterocycles. The standard InChI is InChI=1S/C10H9BrCl2O.C10H8BrClO/c11-10-7(2-1-3-9(10)13)6-8(14)4-5-12;11-10-8-5-7(13)3-1-6(8)2-4-9(10)12/h1-3H,4-6H2;2,4H,1,3,5H2. The zero-order valence-electron chi connectivity index (χ0n) is 14.3. The first-order valence-corrected chi connectivity index (χ1v) is 11.2. The van der Waals surface area contributed by atoms with Crippen molar-refractivity contribution in [3.8, 4) is 0 Å². The van der Waals surface area contributed by atoms with Crippen LogP contribution in [0.1, 0.15) is 29.5 Å². The van der Waals surface area contributed by atoms with Crippen LogP contribution in [0.25, 0.3) is 0 Å². The molecule has 2 aromatic carbocycles. The maximum atomic E-state index is 11.3. The van der Waals surface area contributed by atoms with E-state index in [2.05, 4.69) is 31.9 Å². The Hall–Kier alpha value is -0.390. The van der Waals surface area contributed by atoms with Crippen LogP contribution in [-0.4, -0.2) is 17.4 Å². The molecule has 3 rings (SSSR count). The number of aryl methyl sites for hydroxylation is 1. The topological polar surface area (TPSA) is 34.1 Å². The van der Waals surface area contributed by atoms with E-state index < -0.39 is 0 Å². The van der Waals surface area contributed by atoms with Gasteiger partial charge in [-0.1, -0.05) is 41.4 Å². The maximum Gasteiger partial charge on any atom is 0.138 e. The zero-order valence-corrected chi connectivity index (χ0v) is 19.8. The van der Waals surface area contributed by atoms with Crippen molar-refractivity contribution in [2.24, 2.45) is 0 Å². The Balaban J connectivity index is 0.000000194. The summed E-state index contributed by atoms with van der Waals surface area (Å²) in [6.45, 7) is 0. The summed E-state index contributed by atoms with van der Waals surface area (Å²) in [5, 5.41) is 1.31. The largest absolute Gasteiger partial charge is 0.299 e. The summed E-state index contributed by atoms with van der Waals surface area (Å²) in [6.07, 6.45) is 2.83. The van der Waals surface area contributed by atoms with Gasteiger partial charge in [0.05, 0.1) is 10.0 Å². The van der Waals surface area contributed by atoms with Crippen LogP contribution in [0.4, 0.5) is 0 Å². The van der Waals surface area contributed by atoms with E-state index in [-0.39, 0.29) is 5.78 Å². The second kappa shape index (κ2) is 11.0. The highest BCUT2D eigenvalue weighted by Gasteiger charge is 2.18. The summed E-state index contributed by atoms with van der Waals surface area (Å²) < 4.78 is 1.68. The first-order chi connectivity index (χ1) is 12.8. The molecule has 2 aromatic rings. The Kier molecular flexibility index (Phi) is 9.30. The number of hydrogen-bond acceptors (Lipinski definition) is 2. The number of Topliss-reactive ketones (excluding diaryl/α,β-unsaturated/α-hetero) is 2. The molecule has 2 nitrogen and oxygen atoms in total. The minimum absolute atomic E-state index is 0.128. The van der Waals surface area contributed by atoms with Gasteiger partial charge in [-0.25, -0.2) is 0 Å². The summed E-state index contributed by atoms with van der Waals surface area (Å²) in [7, 11) is 0. The lowest BCUT2D eigenvalue weighted by molar-refractivity contribution is -0.119. The van der Waals surface area contributed by atoms with Crippen LogP contribution in [0.5, 0.6) is 0 Å². The number of rotatable bonds is 4. The maximum absolute atomic E-state index is 11.3. The molecule has 0 aromatic heterocycles. The van der Waals surface area contributed by atoms with E-state index in [1.54, 1.807) is 6.07 Å². The Labute approximate surface area is 190 Å². The molecule has 7 heteroatoms. The van der Waals surface area contributed by atoms with Crippen molar-refractivity contribution in [1.82, 2.24) is 0 Å². The van der Waals surface area contributed by atoms with Crippen LogP contribution in [0, 0.1) is 0 Å². The molecule has 0 N–H and O–H groups in total. The molecule has 0 aliphatic heterocycles. The number of fused-ring (bicyclic) bond motifs is 1. The molecule has 1 aliphatic carbocycles. The second-order valence-corrected chi connectivity index (χ2v) is 8.86. The summed E-state index contributed by atoms with van der Waals surface area (Å²) in [4.78, 5) is 22.6. The molecule has 0 saturated carbocycles. The van der Waals surface area contributed by atoms with E-state index in [1.165, 1.54) is 5.56 Å². The summed E-state index contributed by atoms with van der Waals surface area (Å²) in [5.74, 6) is 0.801. The molecule has 0 heterocycles. The third-order valence-corrected chi connectivity index (χ3v) is 7.25. The van der Waals surface area contributed by atoms with Gasteiger partial charge in [-0.3, -0.25) is 9.59 Å². The van der Waals surface area contributed by atoms with E-state index in [9.17, 15) is 9.59 Å². The van der Waals surface area contributed by atoms with Gasteiger partial charge in [0.25, 0.3) is 0 Å². The molecule has 0 unspecified atom stereocenters. The monoisotopic (exact) mass is 552 g/mol. The number of halogens is 5. The number of hydrogen-bond donors (Lipinski definition) is 0. The van der Waals surface area contributed by atoms with E-state index >= 15 is 0 Å². The molecule has 1 aliphatic rings. The predicted molar refractivity (Wildman–Crippen MR) is 119 cm³/mol. The summed E-state index contributed by atoms with van der Waals surface area (Å²) in [6, 6.07) is 9.37. The Morgan fingerprint density at radius 2 is 1.70 bits per heavy atom. The molecule has 0 fully saturated rings. The molecule has 0 amide bonds. The molecule has 27 heavy (non-hydrogen) atoms. The van der Waals surface area contributed by atoms with E-state index in [0.717, 1.165) is 26.5 Å². The average Bonchev–Trinajstić information content (AvgIpc) is 2.63. The number of alkyl halides is 1. The van der Waals surface area contributed by atoms with E-state index in [4.69, 9.17) is 34.8 Å². The van der Waals surface area contributed by atoms with Gasteiger partial charge in [0.1, 0.15) is 11.6 Å². The SMILES string of the molecule is O=C(CCCl)Cc1cccc(Cl)c1Br.O=C1CCc2ccc(Cl)c(Br)c2C1. The smallest absolute Gasteiger partial charge is 0.138 e. The van der Waals surface area contributed by atoms with Gasteiger partial charge in [-0.05, 0) is 67.1 Å². The minimum atomic E-state index is 0.128. The lowest BCUT2D eigenvalue weighted by Crippen LogP contribution is -2.13. The highest BCUT2D eigenvalue weighted by atomic mass is 79.9. The van der Waals surface area contributed by atoms with Crippen molar-refractivity contribution >= 4 is 78.2 Å². The van der Waals surface area contributed by atoms with Crippen molar-refractivity contribution in [3.05, 3.63) is 66.0 Å². The summed E-state index contributed by atoms with van der Waals surface area (Å²) in [5.41, 5.74) is 3.23. The first-order valence-electron chi connectivity index (χ1n) is 8.31. The Morgan fingerprint density at radius 1 is 1.00 bits per heavy atom. The highest BCUT2D eigenvalue weighted by molar-refractivity contribution is 9.11. The fourth-order valence-electron chi connectivity index (χ4n) is 2.71. The third kappa shape index (κ3) is 6.57. The van der Waals surface area contributed by atoms with Crippen molar-refractivity contribution in [1.29, 1.82) is 0 Å². The number of benzene rings is 2. The van der Waals surface area contributed by atoms with Gasteiger partial charge < -0.3 is 0 Å². The fourth-order valence-corrected chi connectivity index (χ4v) is 4.22. The predicted octanol–water partition coefficient (Wildman–Crippen LogP) is 7.00. The van der Waals surface area contributed by atoms with Crippen molar-refractivity contribution in [2.45, 2.75) is 32.1 Å². The lowest BCUT2D eigenvalue weighted by Gasteiger charge is -2.16. The minimum Gasteiger partial charge on any atom is -0.299 e. The normalized spacial score (nSPS) is 12.9. The van der Waals surface area contributed by atoms with Crippen LogP contribution in [0.15, 0.2) is 39.3 Å². The van der Waals surface area contributed by atoms with E-state index in [1.807, 2.05) is 24.3 Å². The third-order valence-electron chi connectivity index (χ3n) is 4.13. The van der Waals surface area contributed by atoms with Crippen LogP contribution >= 0.6 is 66.7 Å². The van der Waals surface area contributed by atoms with Gasteiger partial charge in [0.2, 0.25) is 0 Å². The first kappa shape index (κ1) is 22.9. The number of ketones is 2. The quantitative estimate of drug-likeness (QED) is 0.381. The molecular formula is C20H17Br2Cl3O2. The fraction of sp³-hybridized carbons (Fsp3) is 0.300. The number of carbonyl (C=O) groups is 2. The van der Waals surface area contributed by atoms with Crippen molar-refractivity contribution < 1.29 is 9.59 Å². The molecule has 144 valence electrons.